The van der Waals surface area contributed by atoms with Gasteiger partial charge in [-0.3, -0.25) is 0 Å². The van der Waals surface area contributed by atoms with Crippen molar-refractivity contribution >= 4 is 11.6 Å². The highest BCUT2D eigenvalue weighted by Crippen LogP contribution is 2.35. The Morgan fingerprint density at radius 3 is 3.00 bits per heavy atom. The third-order valence-corrected chi connectivity index (χ3v) is 4.37. The van der Waals surface area contributed by atoms with Gasteiger partial charge in [0.1, 0.15) is 29.5 Å². The Hall–Kier alpha value is -3.60. The van der Waals surface area contributed by atoms with E-state index in [1.54, 1.807) is 24.5 Å². The molecule has 0 radical (unpaired) electrons. The van der Waals surface area contributed by atoms with Crippen LogP contribution in [-0.2, 0) is 6.54 Å². The van der Waals surface area contributed by atoms with Crippen molar-refractivity contribution in [1.82, 2.24) is 19.9 Å². The van der Waals surface area contributed by atoms with Crippen LogP contribution in [0.2, 0.25) is 0 Å². The molecular weight excluding hydrogens is 318 g/mol. The van der Waals surface area contributed by atoms with Gasteiger partial charge >= 0.3 is 0 Å². The Bertz CT molecular complexity index is 975. The maximum absolute atomic E-state index is 9.82. The molecule has 4 N–H and O–H groups in total. The number of fused-ring (bicyclic) bond motifs is 1. The molecule has 124 valence electrons. The Labute approximate surface area is 143 Å². The van der Waals surface area contributed by atoms with Gasteiger partial charge in [0, 0.05) is 12.5 Å². The van der Waals surface area contributed by atoms with E-state index < -0.39 is 0 Å². The van der Waals surface area contributed by atoms with E-state index in [4.69, 9.17) is 5.73 Å². The number of hydrogen-bond acceptors (Lipinski definition) is 7. The van der Waals surface area contributed by atoms with E-state index >= 15 is 0 Å². The summed E-state index contributed by atoms with van der Waals surface area (Å²) in [6.07, 6.45) is 3.01. The molecule has 4 rings (SSSR count). The average Bonchev–Trinajstić information content (AvgIpc) is 3.09. The number of aromatic hydroxyl groups is 1. The number of rotatable bonds is 2. The fraction of sp³-hybridized carbons (Fsp3) is 0.176. The van der Waals surface area contributed by atoms with Crippen LogP contribution >= 0.6 is 0 Å². The minimum absolute atomic E-state index is 0.0650. The Morgan fingerprint density at radius 2 is 2.20 bits per heavy atom. The molecule has 0 amide bonds. The Morgan fingerprint density at radius 1 is 1.32 bits per heavy atom. The normalized spacial score (nSPS) is 16.3. The number of phenolic OH excluding ortho intramolecular Hbond substituents is 1. The van der Waals surface area contributed by atoms with Gasteiger partial charge in [-0.15, -0.1) is 0 Å². The number of H-pyrrole nitrogens is 1. The standard InChI is InChI=1S/C17H15N7O/c18-5-12-16(19)22-9-23-17(12)24-6-13(10-2-1-3-11(25)4-10)15-14(7-24)20-8-21-15/h1-4,8-9,13,25H,6-7H2,(H,20,21)(H2,19,22,23). The van der Waals surface area contributed by atoms with Crippen molar-refractivity contribution in [3.8, 4) is 11.8 Å². The molecule has 8 nitrogen and oxygen atoms in total. The maximum Gasteiger partial charge on any atom is 0.152 e. The van der Waals surface area contributed by atoms with Crippen LogP contribution in [0.15, 0.2) is 36.9 Å². The van der Waals surface area contributed by atoms with E-state index in [1.165, 1.54) is 6.33 Å². The number of nitrogens with two attached hydrogens (primary N) is 1. The zero-order chi connectivity index (χ0) is 17.4. The number of nitrogen functional groups attached to an aromatic ring is 1. The summed E-state index contributed by atoms with van der Waals surface area (Å²) in [6, 6.07) is 9.20. The Kier molecular flexibility index (Phi) is 3.47. The van der Waals surface area contributed by atoms with Crippen LogP contribution in [0.5, 0.6) is 5.75 Å². The average molecular weight is 333 g/mol. The zero-order valence-corrected chi connectivity index (χ0v) is 13.2. The van der Waals surface area contributed by atoms with E-state index in [0.29, 0.717) is 18.9 Å². The molecule has 3 heterocycles. The monoisotopic (exact) mass is 333 g/mol. The lowest BCUT2D eigenvalue weighted by atomic mass is 9.90. The summed E-state index contributed by atoms with van der Waals surface area (Å²) in [6.45, 7) is 1.10. The summed E-state index contributed by atoms with van der Waals surface area (Å²) in [7, 11) is 0. The van der Waals surface area contributed by atoms with Crippen LogP contribution in [0.3, 0.4) is 0 Å². The highest BCUT2D eigenvalue weighted by molar-refractivity contribution is 5.64. The summed E-state index contributed by atoms with van der Waals surface area (Å²) in [4.78, 5) is 17.7. The first-order valence-electron chi connectivity index (χ1n) is 7.74. The molecule has 1 aliphatic rings. The van der Waals surface area contributed by atoms with Crippen LogP contribution in [0, 0.1) is 11.3 Å². The molecular formula is C17H15N7O. The fourth-order valence-electron chi connectivity index (χ4n) is 3.22. The summed E-state index contributed by atoms with van der Waals surface area (Å²) in [5.74, 6) is 0.803. The second kappa shape index (κ2) is 5.79. The molecule has 1 unspecified atom stereocenters. The molecule has 0 fully saturated rings. The summed E-state index contributed by atoms with van der Waals surface area (Å²) in [5, 5.41) is 19.2. The smallest absolute Gasteiger partial charge is 0.152 e. The van der Waals surface area contributed by atoms with E-state index in [2.05, 4.69) is 26.0 Å². The number of aromatic nitrogens is 4. The van der Waals surface area contributed by atoms with Crippen molar-refractivity contribution in [2.45, 2.75) is 12.5 Å². The largest absolute Gasteiger partial charge is 0.508 e. The van der Waals surface area contributed by atoms with Crippen LogP contribution < -0.4 is 10.6 Å². The second-order valence-electron chi connectivity index (χ2n) is 5.86. The van der Waals surface area contributed by atoms with Crippen molar-refractivity contribution in [1.29, 1.82) is 5.26 Å². The molecule has 3 aromatic rings. The number of imidazole rings is 1. The topological polar surface area (TPSA) is 128 Å². The third-order valence-electron chi connectivity index (χ3n) is 4.37. The minimum Gasteiger partial charge on any atom is -0.508 e. The fourth-order valence-corrected chi connectivity index (χ4v) is 3.22. The minimum atomic E-state index is -0.0650. The maximum atomic E-state index is 9.82. The SMILES string of the molecule is N#Cc1c(N)ncnc1N1Cc2[nH]cnc2C(c2cccc(O)c2)C1. The number of anilines is 2. The van der Waals surface area contributed by atoms with Crippen LogP contribution in [0.1, 0.15) is 28.4 Å². The Balaban J connectivity index is 1.79. The first-order valence-corrected chi connectivity index (χ1v) is 7.74. The summed E-state index contributed by atoms with van der Waals surface area (Å²) in [5.41, 5.74) is 8.91. The molecule has 0 bridgehead atoms. The summed E-state index contributed by atoms with van der Waals surface area (Å²) >= 11 is 0. The number of hydrogen-bond donors (Lipinski definition) is 3. The molecule has 1 atom stereocenters. The highest BCUT2D eigenvalue weighted by atomic mass is 16.3. The number of benzene rings is 1. The molecule has 0 saturated heterocycles. The van der Waals surface area contributed by atoms with Gasteiger partial charge in [-0.05, 0) is 17.7 Å². The van der Waals surface area contributed by atoms with Gasteiger partial charge in [-0.25, -0.2) is 15.0 Å². The van der Waals surface area contributed by atoms with Crippen molar-refractivity contribution < 1.29 is 5.11 Å². The van der Waals surface area contributed by atoms with E-state index in [-0.39, 0.29) is 23.0 Å². The van der Waals surface area contributed by atoms with E-state index in [1.807, 2.05) is 11.0 Å². The number of nitrogens with zero attached hydrogens (tertiary/aromatic N) is 5. The van der Waals surface area contributed by atoms with E-state index in [9.17, 15) is 10.4 Å². The molecule has 8 heteroatoms. The quantitative estimate of drug-likeness (QED) is 0.648. The van der Waals surface area contributed by atoms with Crippen molar-refractivity contribution in [2.75, 3.05) is 17.2 Å². The predicted molar refractivity (Wildman–Crippen MR) is 90.7 cm³/mol. The van der Waals surface area contributed by atoms with Gasteiger partial charge in [-0.1, -0.05) is 12.1 Å². The molecule has 1 aromatic carbocycles. The van der Waals surface area contributed by atoms with E-state index in [0.717, 1.165) is 17.0 Å². The summed E-state index contributed by atoms with van der Waals surface area (Å²) < 4.78 is 0. The highest BCUT2D eigenvalue weighted by Gasteiger charge is 2.31. The van der Waals surface area contributed by atoms with Gasteiger partial charge in [0.15, 0.2) is 5.82 Å². The lowest BCUT2D eigenvalue weighted by Gasteiger charge is -2.33. The lowest BCUT2D eigenvalue weighted by Crippen LogP contribution is -2.35. The third kappa shape index (κ3) is 2.52. The molecule has 0 aliphatic carbocycles. The van der Waals surface area contributed by atoms with Crippen LogP contribution in [-0.4, -0.2) is 31.6 Å². The van der Waals surface area contributed by atoms with Gasteiger partial charge in [0.05, 0.1) is 24.3 Å². The number of aromatic amines is 1. The number of nitrogens with one attached hydrogen (secondary N) is 1. The second-order valence-corrected chi connectivity index (χ2v) is 5.86. The molecule has 1 aliphatic heterocycles. The first kappa shape index (κ1) is 15.0. The van der Waals surface area contributed by atoms with Gasteiger partial charge in [0.2, 0.25) is 0 Å². The lowest BCUT2D eigenvalue weighted by molar-refractivity contribution is 0.473. The first-order chi connectivity index (χ1) is 12.2. The molecule has 0 spiro atoms. The van der Waals surface area contributed by atoms with Crippen molar-refractivity contribution in [3.05, 3.63) is 59.4 Å². The predicted octanol–water partition coefficient (Wildman–Crippen LogP) is 1.51. The number of phenols is 1. The number of nitriles is 1. The van der Waals surface area contributed by atoms with Crippen molar-refractivity contribution in [3.63, 3.8) is 0 Å². The van der Waals surface area contributed by atoms with Gasteiger partial charge in [0.25, 0.3) is 0 Å². The van der Waals surface area contributed by atoms with Gasteiger partial charge < -0.3 is 20.7 Å². The van der Waals surface area contributed by atoms with Crippen molar-refractivity contribution in [2.24, 2.45) is 0 Å². The molecule has 2 aromatic heterocycles. The van der Waals surface area contributed by atoms with Gasteiger partial charge in [-0.2, -0.15) is 5.26 Å². The molecule has 0 saturated carbocycles. The zero-order valence-electron chi connectivity index (χ0n) is 13.2. The van der Waals surface area contributed by atoms with Crippen LogP contribution in [0.4, 0.5) is 11.6 Å². The van der Waals surface area contributed by atoms with Crippen LogP contribution in [0.25, 0.3) is 0 Å². The molecule has 25 heavy (non-hydrogen) atoms.